The molecular formula is C18H27N3O4. The van der Waals surface area contributed by atoms with Crippen LogP contribution in [0.3, 0.4) is 0 Å². The van der Waals surface area contributed by atoms with Crippen molar-refractivity contribution in [3.05, 3.63) is 23.8 Å². The second-order valence-electron chi connectivity index (χ2n) is 6.59. The van der Waals surface area contributed by atoms with E-state index in [2.05, 4.69) is 10.6 Å². The van der Waals surface area contributed by atoms with E-state index < -0.39 is 0 Å². The molecular weight excluding hydrogens is 322 g/mol. The van der Waals surface area contributed by atoms with Gasteiger partial charge in [-0.3, -0.25) is 14.5 Å². The second kappa shape index (κ2) is 8.71. The zero-order valence-electron chi connectivity index (χ0n) is 15.3. The highest BCUT2D eigenvalue weighted by Crippen LogP contribution is 2.32. The van der Waals surface area contributed by atoms with E-state index in [0.29, 0.717) is 19.0 Å². The van der Waals surface area contributed by atoms with Gasteiger partial charge in [0.05, 0.1) is 19.1 Å². The lowest BCUT2D eigenvalue weighted by Crippen LogP contribution is -2.42. The van der Waals surface area contributed by atoms with Crippen LogP contribution in [0.4, 0.5) is 0 Å². The van der Waals surface area contributed by atoms with Gasteiger partial charge in [-0.15, -0.1) is 0 Å². The van der Waals surface area contributed by atoms with Crippen LogP contribution in [0.15, 0.2) is 18.2 Å². The van der Waals surface area contributed by atoms with Gasteiger partial charge in [-0.2, -0.15) is 0 Å². The van der Waals surface area contributed by atoms with Gasteiger partial charge < -0.3 is 20.1 Å². The first-order valence-corrected chi connectivity index (χ1v) is 8.52. The summed E-state index contributed by atoms with van der Waals surface area (Å²) in [6.07, 6.45) is 0. The van der Waals surface area contributed by atoms with Crippen LogP contribution >= 0.6 is 0 Å². The lowest BCUT2D eigenvalue weighted by Gasteiger charge is -2.22. The molecule has 0 aliphatic carbocycles. The zero-order chi connectivity index (χ0) is 18.4. The molecule has 0 radical (unpaired) electrons. The Morgan fingerprint density at radius 3 is 2.28 bits per heavy atom. The number of amides is 2. The number of hydrogen-bond donors (Lipinski definition) is 2. The molecule has 1 heterocycles. The van der Waals surface area contributed by atoms with Crippen molar-refractivity contribution in [2.45, 2.75) is 32.9 Å². The van der Waals surface area contributed by atoms with Gasteiger partial charge in [-0.05, 0) is 45.5 Å². The third-order valence-corrected chi connectivity index (χ3v) is 3.72. The predicted molar refractivity (Wildman–Crippen MR) is 94.8 cm³/mol. The number of nitrogens with zero attached hydrogens (tertiary/aromatic N) is 1. The largest absolute Gasteiger partial charge is 0.486 e. The lowest BCUT2D eigenvalue weighted by molar-refractivity contribution is -0.125. The smallest absolute Gasteiger partial charge is 0.234 e. The summed E-state index contributed by atoms with van der Waals surface area (Å²) in [5.74, 6) is 1.20. The molecule has 7 heteroatoms. The Kier molecular flexibility index (Phi) is 6.64. The molecule has 1 atom stereocenters. The predicted octanol–water partition coefficient (Wildman–Crippen LogP) is 1.09. The van der Waals surface area contributed by atoms with Gasteiger partial charge in [-0.1, -0.05) is 6.07 Å². The van der Waals surface area contributed by atoms with Crippen molar-refractivity contribution in [3.8, 4) is 11.5 Å². The summed E-state index contributed by atoms with van der Waals surface area (Å²) >= 11 is 0. The van der Waals surface area contributed by atoms with Crippen molar-refractivity contribution in [3.63, 3.8) is 0 Å². The Hall–Kier alpha value is -2.28. The molecule has 1 aromatic carbocycles. The number of carbonyl (C=O) groups is 2. The highest BCUT2D eigenvalue weighted by molar-refractivity contribution is 5.81. The SMILES string of the molecule is CC(C)NC(=O)CN(C)CC(=O)N[C@H](C)c1ccc2c(c1)OCCO2. The monoisotopic (exact) mass is 349 g/mol. The van der Waals surface area contributed by atoms with Crippen LogP contribution < -0.4 is 20.1 Å². The van der Waals surface area contributed by atoms with E-state index in [1.54, 1.807) is 11.9 Å². The summed E-state index contributed by atoms with van der Waals surface area (Å²) in [7, 11) is 1.74. The molecule has 2 rings (SSSR count). The third-order valence-electron chi connectivity index (χ3n) is 3.72. The average molecular weight is 349 g/mol. The molecule has 0 saturated carbocycles. The molecule has 25 heavy (non-hydrogen) atoms. The van der Waals surface area contributed by atoms with Crippen molar-refractivity contribution in [2.24, 2.45) is 0 Å². The quantitative estimate of drug-likeness (QED) is 0.770. The number of carbonyl (C=O) groups excluding carboxylic acids is 2. The Bertz CT molecular complexity index is 618. The molecule has 0 spiro atoms. The van der Waals surface area contributed by atoms with Crippen molar-refractivity contribution >= 4 is 11.8 Å². The van der Waals surface area contributed by atoms with Gasteiger partial charge in [0.25, 0.3) is 0 Å². The first-order chi connectivity index (χ1) is 11.8. The summed E-state index contributed by atoms with van der Waals surface area (Å²) in [5.41, 5.74) is 0.942. The Balaban J connectivity index is 1.84. The van der Waals surface area contributed by atoms with Crippen molar-refractivity contribution in [1.82, 2.24) is 15.5 Å². The minimum absolute atomic E-state index is 0.0879. The van der Waals surface area contributed by atoms with E-state index in [1.165, 1.54) is 0 Å². The fourth-order valence-electron chi connectivity index (χ4n) is 2.61. The molecule has 0 bridgehead atoms. The van der Waals surface area contributed by atoms with Gasteiger partial charge in [0.1, 0.15) is 13.2 Å². The van der Waals surface area contributed by atoms with Crippen LogP contribution in [-0.4, -0.2) is 56.1 Å². The Morgan fingerprint density at radius 1 is 1.04 bits per heavy atom. The van der Waals surface area contributed by atoms with E-state index in [9.17, 15) is 9.59 Å². The van der Waals surface area contributed by atoms with Crippen LogP contribution in [0.2, 0.25) is 0 Å². The number of ether oxygens (including phenoxy) is 2. The summed E-state index contributed by atoms with van der Waals surface area (Å²) in [5, 5.41) is 5.74. The van der Waals surface area contributed by atoms with Gasteiger partial charge >= 0.3 is 0 Å². The molecule has 1 aliphatic heterocycles. The summed E-state index contributed by atoms with van der Waals surface area (Å²) in [4.78, 5) is 25.6. The van der Waals surface area contributed by atoms with E-state index >= 15 is 0 Å². The molecule has 0 aromatic heterocycles. The molecule has 1 aromatic rings. The Morgan fingerprint density at radius 2 is 1.64 bits per heavy atom. The highest BCUT2D eigenvalue weighted by atomic mass is 16.6. The van der Waals surface area contributed by atoms with Crippen LogP contribution in [0.25, 0.3) is 0 Å². The molecule has 2 N–H and O–H groups in total. The number of benzene rings is 1. The summed E-state index contributed by atoms with van der Waals surface area (Å²) in [6, 6.07) is 5.58. The summed E-state index contributed by atoms with van der Waals surface area (Å²) < 4.78 is 11.1. The number of nitrogens with one attached hydrogen (secondary N) is 2. The van der Waals surface area contributed by atoms with E-state index in [-0.39, 0.29) is 37.0 Å². The van der Waals surface area contributed by atoms with E-state index in [0.717, 1.165) is 11.3 Å². The lowest BCUT2D eigenvalue weighted by atomic mass is 10.1. The molecule has 0 fully saturated rings. The Labute approximate surface area is 148 Å². The number of likely N-dealkylation sites (N-methyl/N-ethyl adjacent to an activating group) is 1. The standard InChI is InChI=1S/C18H27N3O4/c1-12(2)19-17(22)10-21(4)11-18(23)20-13(3)14-5-6-15-16(9-14)25-8-7-24-15/h5-6,9,12-13H,7-8,10-11H2,1-4H3,(H,19,22)(H,20,23)/t13-/m1/s1. The maximum Gasteiger partial charge on any atom is 0.234 e. The van der Waals surface area contributed by atoms with Gasteiger partial charge in [0.15, 0.2) is 11.5 Å². The van der Waals surface area contributed by atoms with Crippen molar-refractivity contribution < 1.29 is 19.1 Å². The molecule has 1 aliphatic rings. The van der Waals surface area contributed by atoms with Gasteiger partial charge in [-0.25, -0.2) is 0 Å². The molecule has 0 saturated heterocycles. The number of hydrogen-bond acceptors (Lipinski definition) is 5. The van der Waals surface area contributed by atoms with E-state index in [1.807, 2.05) is 39.0 Å². The minimum atomic E-state index is -0.166. The van der Waals surface area contributed by atoms with Crippen LogP contribution in [0.5, 0.6) is 11.5 Å². The van der Waals surface area contributed by atoms with Crippen molar-refractivity contribution in [2.75, 3.05) is 33.4 Å². The van der Waals surface area contributed by atoms with Gasteiger partial charge in [0, 0.05) is 6.04 Å². The zero-order valence-corrected chi connectivity index (χ0v) is 15.3. The molecule has 0 unspecified atom stereocenters. The maximum atomic E-state index is 12.2. The number of fused-ring (bicyclic) bond motifs is 1. The van der Waals surface area contributed by atoms with Crippen LogP contribution in [-0.2, 0) is 9.59 Å². The molecule has 2 amide bonds. The van der Waals surface area contributed by atoms with Gasteiger partial charge in [0.2, 0.25) is 11.8 Å². The van der Waals surface area contributed by atoms with E-state index in [4.69, 9.17) is 9.47 Å². The summed E-state index contributed by atoms with van der Waals surface area (Å²) in [6.45, 7) is 7.13. The first kappa shape index (κ1) is 19.1. The fraction of sp³-hybridized carbons (Fsp3) is 0.556. The van der Waals surface area contributed by atoms with Crippen molar-refractivity contribution in [1.29, 1.82) is 0 Å². The minimum Gasteiger partial charge on any atom is -0.486 e. The average Bonchev–Trinajstić information content (AvgIpc) is 2.52. The van der Waals surface area contributed by atoms with Crippen LogP contribution in [0.1, 0.15) is 32.4 Å². The maximum absolute atomic E-state index is 12.2. The second-order valence-corrected chi connectivity index (χ2v) is 6.59. The molecule has 7 nitrogen and oxygen atoms in total. The third kappa shape index (κ3) is 5.94. The fourth-order valence-corrected chi connectivity index (χ4v) is 2.61. The van der Waals surface area contributed by atoms with Crippen LogP contribution in [0, 0.1) is 0 Å². The topological polar surface area (TPSA) is 79.9 Å². The first-order valence-electron chi connectivity index (χ1n) is 8.52. The normalized spacial score (nSPS) is 14.3. The highest BCUT2D eigenvalue weighted by Gasteiger charge is 2.17. The molecule has 138 valence electrons. The number of rotatable bonds is 7.